The van der Waals surface area contributed by atoms with Crippen LogP contribution in [0, 0.1) is 0 Å². The van der Waals surface area contributed by atoms with Crippen LogP contribution in [0.3, 0.4) is 0 Å². The van der Waals surface area contributed by atoms with E-state index in [0.29, 0.717) is 12.8 Å². The highest BCUT2D eigenvalue weighted by Gasteiger charge is 2.19. The molecule has 0 fully saturated rings. The first kappa shape index (κ1) is 12.1. The molecule has 2 atom stereocenters. The molecule has 0 aliphatic heterocycles. The highest BCUT2D eigenvalue weighted by atomic mass is 28.2. The zero-order valence-electron chi connectivity index (χ0n) is 8.14. The molecular weight excluding hydrogens is 175 g/mol. The van der Waals surface area contributed by atoms with Gasteiger partial charge in [0.2, 0.25) is 9.76 Å². The molecule has 0 aromatic rings. The zero-order chi connectivity index (χ0) is 9.61. The number of rotatable bonds is 6. The molecule has 0 bridgehead atoms. The van der Waals surface area contributed by atoms with Crippen molar-refractivity contribution < 1.29 is 13.9 Å². The maximum absolute atomic E-state index is 12.9. The Kier molecular flexibility index (Phi) is 5.70. The van der Waals surface area contributed by atoms with Crippen molar-refractivity contribution in [2.45, 2.75) is 51.6 Å². The minimum atomic E-state index is -1.21. The Labute approximate surface area is 76.1 Å². The molecule has 0 saturated heterocycles. The fourth-order valence-electron chi connectivity index (χ4n) is 0.769. The largest absolute Gasteiger partial charge is 0.395 e. The molecule has 0 aliphatic rings. The summed E-state index contributed by atoms with van der Waals surface area (Å²) in [5.74, 6) is -1.92. The first-order valence-corrected chi connectivity index (χ1v) is 5.91. The summed E-state index contributed by atoms with van der Waals surface area (Å²) in [7, 11) is -1.21. The van der Waals surface area contributed by atoms with E-state index in [1.165, 1.54) is 0 Å². The van der Waals surface area contributed by atoms with Crippen LogP contribution < -0.4 is 0 Å². The van der Waals surface area contributed by atoms with Gasteiger partial charge in [0.05, 0.1) is 0 Å². The molecule has 0 amide bonds. The molecule has 0 aromatic carbocycles. The summed E-state index contributed by atoms with van der Waals surface area (Å²) in [6.07, 6.45) is 1.91. The third-order valence-electron chi connectivity index (χ3n) is 1.83. The first-order valence-electron chi connectivity index (χ1n) is 4.52. The quantitative estimate of drug-likeness (QED) is 0.510. The number of hydrogen-bond acceptors (Lipinski definition) is 2. The van der Waals surface area contributed by atoms with Crippen molar-refractivity contribution in [3.05, 3.63) is 0 Å². The summed E-state index contributed by atoms with van der Waals surface area (Å²) < 4.78 is 18.0. The minimum absolute atomic E-state index is 0.513. The molecule has 0 radical (unpaired) electrons. The lowest BCUT2D eigenvalue weighted by molar-refractivity contribution is -0.125. The summed E-state index contributed by atoms with van der Waals surface area (Å²) in [5.41, 5.74) is 0. The van der Waals surface area contributed by atoms with Gasteiger partial charge in [-0.25, -0.2) is 4.39 Å². The molecule has 0 aliphatic carbocycles. The van der Waals surface area contributed by atoms with Crippen LogP contribution in [0.25, 0.3) is 0 Å². The maximum atomic E-state index is 12.9. The Balaban J connectivity index is 3.52. The second-order valence-electron chi connectivity index (χ2n) is 3.23. The van der Waals surface area contributed by atoms with Crippen molar-refractivity contribution in [3.63, 3.8) is 0 Å². The second kappa shape index (κ2) is 5.67. The molecule has 0 spiro atoms. The Morgan fingerprint density at radius 3 is 2.58 bits per heavy atom. The van der Waals surface area contributed by atoms with Crippen LogP contribution in [0.15, 0.2) is 0 Å². The third-order valence-corrected chi connectivity index (χ3v) is 3.39. The summed E-state index contributed by atoms with van der Waals surface area (Å²) in [6.45, 7) is 5.35. The van der Waals surface area contributed by atoms with Gasteiger partial charge in [0.25, 0.3) is 0 Å². The van der Waals surface area contributed by atoms with Gasteiger partial charge in [0.1, 0.15) is 5.79 Å². The molecule has 4 heteroatoms. The third kappa shape index (κ3) is 5.68. The van der Waals surface area contributed by atoms with Crippen LogP contribution >= 0.6 is 0 Å². The molecule has 0 rings (SSSR count). The summed E-state index contributed by atoms with van der Waals surface area (Å²) in [4.78, 5) is 0. The second-order valence-corrected chi connectivity index (χ2v) is 4.73. The van der Waals surface area contributed by atoms with E-state index in [2.05, 4.69) is 0 Å². The number of halogens is 1. The van der Waals surface area contributed by atoms with Gasteiger partial charge >= 0.3 is 0 Å². The van der Waals surface area contributed by atoms with E-state index in [1.54, 1.807) is 6.92 Å². The number of alkyl halides is 1. The summed E-state index contributed by atoms with van der Waals surface area (Å²) >= 11 is 0. The average Bonchev–Trinajstić information content (AvgIpc) is 2.02. The van der Waals surface area contributed by atoms with Gasteiger partial charge in [-0.15, -0.1) is 0 Å². The lowest BCUT2D eigenvalue weighted by Gasteiger charge is -2.23. The summed E-state index contributed by atoms with van der Waals surface area (Å²) in [5, 5.41) is 9.39. The highest BCUT2D eigenvalue weighted by molar-refractivity contribution is 6.29. The van der Waals surface area contributed by atoms with Crippen LogP contribution in [0.2, 0.25) is 0 Å². The Morgan fingerprint density at radius 1 is 1.58 bits per heavy atom. The molecule has 12 heavy (non-hydrogen) atoms. The molecule has 0 saturated carbocycles. The van der Waals surface area contributed by atoms with E-state index in [4.69, 9.17) is 4.43 Å². The minimum Gasteiger partial charge on any atom is -0.395 e. The van der Waals surface area contributed by atoms with Crippen LogP contribution in [0.1, 0.15) is 40.0 Å². The predicted octanol–water partition coefficient (Wildman–Crippen LogP) is 1.30. The molecule has 0 aromatic heterocycles. The first-order chi connectivity index (χ1) is 5.52. The van der Waals surface area contributed by atoms with Crippen LogP contribution in [-0.2, 0) is 4.43 Å². The van der Waals surface area contributed by atoms with Crippen LogP contribution in [0.4, 0.5) is 4.39 Å². The smallest absolute Gasteiger partial charge is 0.200 e. The van der Waals surface area contributed by atoms with Gasteiger partial charge in [-0.1, -0.05) is 20.3 Å². The van der Waals surface area contributed by atoms with E-state index < -0.39 is 21.3 Å². The number of hydrogen-bond donors (Lipinski definition) is 1. The van der Waals surface area contributed by atoms with E-state index in [-0.39, 0.29) is 0 Å². The van der Waals surface area contributed by atoms with Gasteiger partial charge in [-0.05, 0) is 19.8 Å². The van der Waals surface area contributed by atoms with Crippen molar-refractivity contribution in [2.24, 2.45) is 0 Å². The van der Waals surface area contributed by atoms with Crippen LogP contribution in [0.5, 0.6) is 0 Å². The predicted molar refractivity (Wildman–Crippen MR) is 50.3 cm³/mol. The average molecular weight is 194 g/mol. The topological polar surface area (TPSA) is 29.5 Å². The van der Waals surface area contributed by atoms with E-state index in [0.717, 1.165) is 6.42 Å². The summed E-state index contributed by atoms with van der Waals surface area (Å²) in [6, 6.07) is 0. The van der Waals surface area contributed by atoms with E-state index in [1.807, 2.05) is 13.8 Å². The fourth-order valence-corrected chi connectivity index (χ4v) is 2.09. The number of aliphatic hydroxyl groups is 1. The van der Waals surface area contributed by atoms with Gasteiger partial charge < -0.3 is 9.53 Å². The molecule has 1 N–H and O–H groups in total. The molecule has 74 valence electrons. The van der Waals surface area contributed by atoms with Gasteiger partial charge in [-0.3, -0.25) is 0 Å². The monoisotopic (exact) mass is 194 g/mol. The Morgan fingerprint density at radius 2 is 2.17 bits per heavy atom. The van der Waals surface area contributed by atoms with Gasteiger partial charge in [0, 0.05) is 0 Å². The van der Waals surface area contributed by atoms with E-state index >= 15 is 0 Å². The van der Waals surface area contributed by atoms with Gasteiger partial charge in [0.15, 0.2) is 5.79 Å². The van der Waals surface area contributed by atoms with Crippen molar-refractivity contribution in [1.82, 2.24) is 0 Å². The Bertz CT molecular complexity index is 120. The van der Waals surface area contributed by atoms with Crippen molar-refractivity contribution in [1.29, 1.82) is 0 Å². The van der Waals surface area contributed by atoms with Crippen LogP contribution in [-0.4, -0.2) is 26.5 Å². The fraction of sp³-hybridized carbons (Fsp3) is 1.00. The molecular formula is C8H19FO2Si. The maximum Gasteiger partial charge on any atom is 0.200 e. The van der Waals surface area contributed by atoms with Crippen molar-refractivity contribution in [3.8, 4) is 0 Å². The highest BCUT2D eigenvalue weighted by Crippen LogP contribution is 2.11. The molecule has 2 nitrogen and oxygen atoms in total. The molecule has 2 unspecified atom stereocenters. The lowest BCUT2D eigenvalue weighted by Crippen LogP contribution is -2.32. The SMILES string of the molecule is CCCC(F)[SiH2]OC(C)(O)CC. The normalized spacial score (nSPS) is 19.8. The van der Waals surface area contributed by atoms with Crippen molar-refractivity contribution >= 4 is 9.76 Å². The standard InChI is InChI=1S/C8H19FO2Si/c1-4-6-7(9)12-11-8(3,10)5-2/h7,10H,4-6,12H2,1-3H3. The Hall–Kier alpha value is 0.0669. The van der Waals surface area contributed by atoms with E-state index in [9.17, 15) is 9.50 Å². The molecule has 0 heterocycles. The zero-order valence-corrected chi connectivity index (χ0v) is 9.55. The van der Waals surface area contributed by atoms with Gasteiger partial charge in [-0.2, -0.15) is 0 Å². The lowest BCUT2D eigenvalue weighted by atomic mass is 10.3. The van der Waals surface area contributed by atoms with Crippen molar-refractivity contribution in [2.75, 3.05) is 0 Å².